The fourth-order valence-electron chi connectivity index (χ4n) is 2.82. The molecular formula is C18H27N3O2. The number of likely N-dealkylation sites (tertiary alicyclic amines) is 1. The van der Waals surface area contributed by atoms with Crippen LogP contribution in [0.15, 0.2) is 36.4 Å². The molecule has 1 aromatic rings. The zero-order chi connectivity index (χ0) is 16.7. The number of amides is 2. The number of likely N-dealkylation sites (N-methyl/N-ethyl adjacent to an activating group) is 1. The van der Waals surface area contributed by atoms with Crippen LogP contribution < -0.4 is 15.4 Å². The molecule has 0 aromatic heterocycles. The molecule has 0 unspecified atom stereocenters. The van der Waals surface area contributed by atoms with Gasteiger partial charge in [0.2, 0.25) is 0 Å². The van der Waals surface area contributed by atoms with Crippen LogP contribution in [0.1, 0.15) is 26.7 Å². The number of hydrogen-bond donors (Lipinski definition) is 2. The van der Waals surface area contributed by atoms with Crippen molar-refractivity contribution >= 4 is 11.7 Å². The molecule has 1 heterocycles. The minimum absolute atomic E-state index is 0.195. The number of para-hydroxylation sites is 2. The monoisotopic (exact) mass is 317 g/mol. The van der Waals surface area contributed by atoms with Crippen molar-refractivity contribution in [1.29, 1.82) is 0 Å². The molecule has 1 fully saturated rings. The molecule has 0 saturated carbocycles. The standard InChI is InChI=1S/C18H27N3O2/c1-4-21-11-7-8-15(21)12-19-18(22)20-16-9-5-6-10-17(16)23-13-14(2)3/h5-6,9-10,15H,2,4,7-8,11-13H2,1,3H3,(H2,19,20,22)/t15-/m1/s1. The molecule has 1 aliphatic rings. The number of carbonyl (C=O) groups excluding carboxylic acids is 1. The summed E-state index contributed by atoms with van der Waals surface area (Å²) in [7, 11) is 0. The Bertz CT molecular complexity index is 545. The molecule has 1 aromatic carbocycles. The summed E-state index contributed by atoms with van der Waals surface area (Å²) >= 11 is 0. The summed E-state index contributed by atoms with van der Waals surface area (Å²) < 4.78 is 5.66. The second-order valence-corrected chi connectivity index (χ2v) is 6.00. The molecule has 23 heavy (non-hydrogen) atoms. The van der Waals surface area contributed by atoms with Crippen LogP contribution in [0, 0.1) is 0 Å². The lowest BCUT2D eigenvalue weighted by Crippen LogP contribution is -2.41. The van der Waals surface area contributed by atoms with Crippen molar-refractivity contribution in [2.75, 3.05) is 31.6 Å². The highest BCUT2D eigenvalue weighted by molar-refractivity contribution is 5.90. The van der Waals surface area contributed by atoms with Gasteiger partial charge in [-0.05, 0) is 50.6 Å². The molecule has 0 spiro atoms. The quantitative estimate of drug-likeness (QED) is 0.759. The van der Waals surface area contributed by atoms with Gasteiger partial charge >= 0.3 is 6.03 Å². The maximum absolute atomic E-state index is 12.1. The number of rotatable bonds is 7. The third-order valence-corrected chi connectivity index (χ3v) is 4.01. The second-order valence-electron chi connectivity index (χ2n) is 6.00. The van der Waals surface area contributed by atoms with Crippen molar-refractivity contribution in [3.63, 3.8) is 0 Å². The average molecular weight is 317 g/mol. The second kappa shape index (κ2) is 8.58. The van der Waals surface area contributed by atoms with Crippen LogP contribution in [-0.2, 0) is 0 Å². The Morgan fingerprint density at radius 1 is 1.43 bits per heavy atom. The van der Waals surface area contributed by atoms with Crippen molar-refractivity contribution < 1.29 is 9.53 Å². The van der Waals surface area contributed by atoms with E-state index in [1.165, 1.54) is 6.42 Å². The van der Waals surface area contributed by atoms with Crippen molar-refractivity contribution in [3.05, 3.63) is 36.4 Å². The Balaban J connectivity index is 1.86. The number of ether oxygens (including phenoxy) is 1. The number of benzene rings is 1. The molecule has 5 heteroatoms. The Morgan fingerprint density at radius 2 is 2.22 bits per heavy atom. The summed E-state index contributed by atoms with van der Waals surface area (Å²) in [6.45, 7) is 11.2. The van der Waals surface area contributed by atoms with Gasteiger partial charge in [-0.2, -0.15) is 0 Å². The predicted molar refractivity (Wildman–Crippen MR) is 94.0 cm³/mol. The lowest BCUT2D eigenvalue weighted by atomic mass is 10.2. The first kappa shape index (κ1) is 17.3. The van der Waals surface area contributed by atoms with Gasteiger partial charge in [-0.3, -0.25) is 4.90 Å². The Morgan fingerprint density at radius 3 is 2.96 bits per heavy atom. The van der Waals surface area contributed by atoms with E-state index in [1.807, 2.05) is 31.2 Å². The molecule has 0 aliphatic carbocycles. The van der Waals surface area contributed by atoms with Gasteiger partial charge in [-0.15, -0.1) is 0 Å². The van der Waals surface area contributed by atoms with Crippen molar-refractivity contribution in [3.8, 4) is 5.75 Å². The van der Waals surface area contributed by atoms with Crippen LogP contribution in [0.5, 0.6) is 5.75 Å². The van der Waals surface area contributed by atoms with Crippen LogP contribution in [0.2, 0.25) is 0 Å². The van der Waals surface area contributed by atoms with E-state index in [-0.39, 0.29) is 6.03 Å². The van der Waals surface area contributed by atoms with Crippen LogP contribution in [0.3, 0.4) is 0 Å². The van der Waals surface area contributed by atoms with Crippen LogP contribution in [0.4, 0.5) is 10.5 Å². The summed E-state index contributed by atoms with van der Waals surface area (Å²) in [5.74, 6) is 0.654. The minimum atomic E-state index is -0.195. The first-order valence-electron chi connectivity index (χ1n) is 8.25. The van der Waals surface area contributed by atoms with Gasteiger partial charge in [0.15, 0.2) is 0 Å². The predicted octanol–water partition coefficient (Wildman–Crippen LogP) is 3.25. The van der Waals surface area contributed by atoms with E-state index in [4.69, 9.17) is 4.74 Å². The van der Waals surface area contributed by atoms with E-state index in [2.05, 4.69) is 29.0 Å². The van der Waals surface area contributed by atoms with E-state index in [0.717, 1.165) is 25.1 Å². The molecule has 1 aliphatic heterocycles. The lowest BCUT2D eigenvalue weighted by molar-refractivity contribution is 0.238. The lowest BCUT2D eigenvalue weighted by Gasteiger charge is -2.23. The number of anilines is 1. The van der Waals surface area contributed by atoms with Gasteiger partial charge in [-0.1, -0.05) is 25.6 Å². The molecule has 0 radical (unpaired) electrons. The van der Waals surface area contributed by atoms with Crippen LogP contribution in [-0.4, -0.2) is 43.2 Å². The number of nitrogens with one attached hydrogen (secondary N) is 2. The van der Waals surface area contributed by atoms with E-state index < -0.39 is 0 Å². The number of nitrogens with zero attached hydrogens (tertiary/aromatic N) is 1. The van der Waals surface area contributed by atoms with Crippen molar-refractivity contribution in [1.82, 2.24) is 10.2 Å². The van der Waals surface area contributed by atoms with Gasteiger partial charge in [0.05, 0.1) is 5.69 Å². The van der Waals surface area contributed by atoms with Crippen molar-refractivity contribution in [2.24, 2.45) is 0 Å². The fourth-order valence-corrected chi connectivity index (χ4v) is 2.82. The van der Waals surface area contributed by atoms with Gasteiger partial charge in [0, 0.05) is 12.6 Å². The molecule has 1 atom stereocenters. The highest BCUT2D eigenvalue weighted by Gasteiger charge is 2.23. The zero-order valence-corrected chi connectivity index (χ0v) is 14.1. The molecule has 0 bridgehead atoms. The summed E-state index contributed by atoms with van der Waals surface area (Å²) in [4.78, 5) is 14.5. The maximum atomic E-state index is 12.1. The normalized spacial score (nSPS) is 17.7. The Labute approximate surface area is 138 Å². The zero-order valence-electron chi connectivity index (χ0n) is 14.1. The van der Waals surface area contributed by atoms with Crippen molar-refractivity contribution in [2.45, 2.75) is 32.7 Å². The Kier molecular flexibility index (Phi) is 6.47. The highest BCUT2D eigenvalue weighted by Crippen LogP contribution is 2.24. The minimum Gasteiger partial charge on any atom is -0.487 e. The van der Waals surface area contributed by atoms with Crippen LogP contribution >= 0.6 is 0 Å². The maximum Gasteiger partial charge on any atom is 0.319 e. The largest absolute Gasteiger partial charge is 0.487 e. The van der Waals surface area contributed by atoms with Gasteiger partial charge in [0.1, 0.15) is 12.4 Å². The molecular weight excluding hydrogens is 290 g/mol. The van der Waals surface area contributed by atoms with Crippen LogP contribution in [0.25, 0.3) is 0 Å². The van der Waals surface area contributed by atoms with Gasteiger partial charge in [0.25, 0.3) is 0 Å². The number of urea groups is 1. The molecule has 1 saturated heterocycles. The van der Waals surface area contributed by atoms with E-state index in [0.29, 0.717) is 30.6 Å². The fraction of sp³-hybridized carbons (Fsp3) is 0.500. The molecule has 2 rings (SSSR count). The smallest absolute Gasteiger partial charge is 0.319 e. The topological polar surface area (TPSA) is 53.6 Å². The summed E-state index contributed by atoms with van der Waals surface area (Å²) in [5.41, 5.74) is 1.61. The number of hydrogen-bond acceptors (Lipinski definition) is 3. The van der Waals surface area contributed by atoms with E-state index in [1.54, 1.807) is 0 Å². The third kappa shape index (κ3) is 5.28. The summed E-state index contributed by atoms with van der Waals surface area (Å²) in [5, 5.41) is 5.83. The summed E-state index contributed by atoms with van der Waals surface area (Å²) in [6, 6.07) is 7.68. The first-order valence-corrected chi connectivity index (χ1v) is 8.25. The molecule has 5 nitrogen and oxygen atoms in total. The van der Waals surface area contributed by atoms with E-state index >= 15 is 0 Å². The van der Waals surface area contributed by atoms with Gasteiger partial charge < -0.3 is 15.4 Å². The molecule has 2 N–H and O–H groups in total. The first-order chi connectivity index (χ1) is 11.1. The molecule has 126 valence electrons. The van der Waals surface area contributed by atoms with Gasteiger partial charge in [-0.25, -0.2) is 4.79 Å². The number of carbonyl (C=O) groups is 1. The Hall–Kier alpha value is -2.01. The summed E-state index contributed by atoms with van der Waals surface area (Å²) in [6.07, 6.45) is 2.35. The highest BCUT2D eigenvalue weighted by atomic mass is 16.5. The average Bonchev–Trinajstić information content (AvgIpc) is 2.99. The molecule has 2 amide bonds. The van der Waals surface area contributed by atoms with E-state index in [9.17, 15) is 4.79 Å². The SMILES string of the molecule is C=C(C)COc1ccccc1NC(=O)NC[C@H]1CCCN1CC. The third-order valence-electron chi connectivity index (χ3n) is 4.01.